The molecule has 0 radical (unpaired) electrons. The fourth-order valence-corrected chi connectivity index (χ4v) is 2.00. The highest BCUT2D eigenvalue weighted by atomic mass is 35.5. The number of thiocarbonyl (C=S) groups is 1. The van der Waals surface area contributed by atoms with Crippen LogP contribution in [0.4, 0.5) is 28.9 Å². The van der Waals surface area contributed by atoms with Gasteiger partial charge in [-0.3, -0.25) is 0 Å². The van der Waals surface area contributed by atoms with Gasteiger partial charge in [0.05, 0.1) is 5.69 Å². The Morgan fingerprint density at radius 3 is 2.26 bits per heavy atom. The Kier molecular flexibility index (Phi) is 5.27. The predicted molar refractivity (Wildman–Crippen MR) is 84.4 cm³/mol. The molecule has 0 aliphatic rings. The van der Waals surface area contributed by atoms with E-state index in [4.69, 9.17) is 23.8 Å². The van der Waals surface area contributed by atoms with Crippen molar-refractivity contribution in [3.8, 4) is 5.75 Å². The van der Waals surface area contributed by atoms with E-state index >= 15 is 0 Å². The second kappa shape index (κ2) is 7.01. The molecule has 2 aromatic carbocycles. The van der Waals surface area contributed by atoms with Crippen LogP contribution in [0, 0.1) is 5.82 Å². The van der Waals surface area contributed by atoms with Gasteiger partial charge in [-0.1, -0.05) is 11.6 Å². The summed E-state index contributed by atoms with van der Waals surface area (Å²) in [6.45, 7) is 0. The monoisotopic (exact) mass is 364 g/mol. The van der Waals surface area contributed by atoms with Gasteiger partial charge in [0.1, 0.15) is 11.6 Å². The van der Waals surface area contributed by atoms with Crippen molar-refractivity contribution >= 4 is 40.3 Å². The Labute approximate surface area is 139 Å². The highest BCUT2D eigenvalue weighted by Gasteiger charge is 2.30. The van der Waals surface area contributed by atoms with E-state index in [1.165, 1.54) is 24.3 Å². The quantitative estimate of drug-likeness (QED) is 0.580. The van der Waals surface area contributed by atoms with Gasteiger partial charge in [-0.15, -0.1) is 13.2 Å². The first-order valence-corrected chi connectivity index (χ1v) is 6.90. The van der Waals surface area contributed by atoms with Crippen LogP contribution in [0.25, 0.3) is 0 Å². The van der Waals surface area contributed by atoms with E-state index in [0.717, 1.165) is 18.2 Å². The van der Waals surface area contributed by atoms with E-state index in [0.29, 0.717) is 5.69 Å². The molecule has 0 aromatic heterocycles. The average Bonchev–Trinajstić information content (AvgIpc) is 2.42. The number of anilines is 2. The standard InChI is InChI=1S/C14H9ClF4N2OS/c15-8-1-6-12(11(16)7-8)21-13(23)20-9-2-4-10(5-3-9)22-14(17,18)19/h1-7H,(H2,20,21,23). The lowest BCUT2D eigenvalue weighted by molar-refractivity contribution is -0.274. The van der Waals surface area contributed by atoms with Crippen LogP contribution in [0.2, 0.25) is 5.02 Å². The minimum atomic E-state index is -4.75. The van der Waals surface area contributed by atoms with Gasteiger partial charge in [0.2, 0.25) is 0 Å². The molecule has 2 rings (SSSR count). The molecule has 0 heterocycles. The molecule has 2 aromatic rings. The highest BCUT2D eigenvalue weighted by molar-refractivity contribution is 7.80. The molecule has 23 heavy (non-hydrogen) atoms. The van der Waals surface area contributed by atoms with Crippen molar-refractivity contribution in [2.75, 3.05) is 10.6 Å². The van der Waals surface area contributed by atoms with Crippen molar-refractivity contribution in [3.63, 3.8) is 0 Å². The Bertz CT molecular complexity index is 707. The fraction of sp³-hybridized carbons (Fsp3) is 0.0714. The number of hydrogen-bond acceptors (Lipinski definition) is 2. The Hall–Kier alpha value is -2.06. The van der Waals surface area contributed by atoms with Crippen LogP contribution in [-0.2, 0) is 0 Å². The van der Waals surface area contributed by atoms with Crippen molar-refractivity contribution in [3.05, 3.63) is 53.3 Å². The zero-order valence-electron chi connectivity index (χ0n) is 11.2. The summed E-state index contributed by atoms with van der Waals surface area (Å²) in [5.74, 6) is -0.943. The van der Waals surface area contributed by atoms with Crippen molar-refractivity contribution < 1.29 is 22.3 Å². The van der Waals surface area contributed by atoms with E-state index in [2.05, 4.69) is 15.4 Å². The molecule has 0 aliphatic heterocycles. The molecule has 0 aliphatic carbocycles. The Morgan fingerprint density at radius 1 is 1.04 bits per heavy atom. The number of halogens is 5. The van der Waals surface area contributed by atoms with E-state index in [1.807, 2.05) is 0 Å². The van der Waals surface area contributed by atoms with Crippen molar-refractivity contribution in [1.29, 1.82) is 0 Å². The van der Waals surface area contributed by atoms with Gasteiger partial charge in [0.15, 0.2) is 5.11 Å². The molecule has 2 N–H and O–H groups in total. The smallest absolute Gasteiger partial charge is 0.406 e. The van der Waals surface area contributed by atoms with Crippen LogP contribution in [0.5, 0.6) is 5.75 Å². The molecule has 0 saturated heterocycles. The lowest BCUT2D eigenvalue weighted by Gasteiger charge is -2.12. The largest absolute Gasteiger partial charge is 0.573 e. The molecule has 9 heteroatoms. The molecule has 0 bridgehead atoms. The van der Waals surface area contributed by atoms with E-state index in [1.54, 1.807) is 0 Å². The van der Waals surface area contributed by atoms with Crippen LogP contribution in [0.1, 0.15) is 0 Å². The summed E-state index contributed by atoms with van der Waals surface area (Å²) in [4.78, 5) is 0. The first-order chi connectivity index (χ1) is 10.7. The second-order valence-electron chi connectivity index (χ2n) is 4.28. The maximum absolute atomic E-state index is 13.6. The van der Waals surface area contributed by atoms with Gasteiger partial charge in [-0.05, 0) is 54.7 Å². The number of alkyl halides is 3. The summed E-state index contributed by atoms with van der Waals surface area (Å²) < 4.78 is 53.5. The van der Waals surface area contributed by atoms with Crippen LogP contribution in [0.15, 0.2) is 42.5 Å². The third-order valence-corrected chi connectivity index (χ3v) is 2.96. The number of nitrogens with one attached hydrogen (secondary N) is 2. The van der Waals surface area contributed by atoms with Gasteiger partial charge in [0, 0.05) is 10.7 Å². The summed E-state index contributed by atoms with van der Waals surface area (Å²) >= 11 is 10.6. The number of rotatable bonds is 3. The summed E-state index contributed by atoms with van der Waals surface area (Å²) in [5.41, 5.74) is 0.523. The average molecular weight is 365 g/mol. The van der Waals surface area contributed by atoms with Crippen molar-refractivity contribution in [1.82, 2.24) is 0 Å². The number of benzene rings is 2. The first kappa shape index (κ1) is 17.3. The molecule has 3 nitrogen and oxygen atoms in total. The molecule has 122 valence electrons. The predicted octanol–water partition coefficient (Wildman–Crippen LogP) is 5.19. The Morgan fingerprint density at radius 2 is 1.70 bits per heavy atom. The van der Waals surface area contributed by atoms with Crippen LogP contribution >= 0.6 is 23.8 Å². The van der Waals surface area contributed by atoms with Gasteiger partial charge >= 0.3 is 6.36 Å². The van der Waals surface area contributed by atoms with E-state index in [9.17, 15) is 17.6 Å². The highest BCUT2D eigenvalue weighted by Crippen LogP contribution is 2.24. The fourth-order valence-electron chi connectivity index (χ4n) is 1.62. The SMILES string of the molecule is Fc1cc(Cl)ccc1NC(=S)Nc1ccc(OC(F)(F)F)cc1. The summed E-state index contributed by atoms with van der Waals surface area (Å²) in [6, 6.07) is 8.95. The molecule has 0 amide bonds. The van der Waals surface area contributed by atoms with Gasteiger partial charge in [-0.2, -0.15) is 0 Å². The van der Waals surface area contributed by atoms with Gasteiger partial charge in [-0.25, -0.2) is 4.39 Å². The van der Waals surface area contributed by atoms with Crippen LogP contribution < -0.4 is 15.4 Å². The number of ether oxygens (including phenoxy) is 1. The summed E-state index contributed by atoms with van der Waals surface area (Å²) in [6.07, 6.45) is -4.75. The lowest BCUT2D eigenvalue weighted by Crippen LogP contribution is -2.20. The van der Waals surface area contributed by atoms with Crippen LogP contribution in [0.3, 0.4) is 0 Å². The molecule has 0 atom stereocenters. The zero-order valence-corrected chi connectivity index (χ0v) is 12.8. The van der Waals surface area contributed by atoms with Crippen molar-refractivity contribution in [2.45, 2.75) is 6.36 Å². The molecule has 0 fully saturated rings. The first-order valence-electron chi connectivity index (χ1n) is 6.12. The normalized spacial score (nSPS) is 11.0. The van der Waals surface area contributed by atoms with E-state index in [-0.39, 0.29) is 21.6 Å². The second-order valence-corrected chi connectivity index (χ2v) is 5.12. The van der Waals surface area contributed by atoms with Gasteiger partial charge in [0.25, 0.3) is 0 Å². The van der Waals surface area contributed by atoms with Crippen LogP contribution in [-0.4, -0.2) is 11.5 Å². The summed E-state index contributed by atoms with van der Waals surface area (Å²) in [7, 11) is 0. The maximum Gasteiger partial charge on any atom is 0.573 e. The Balaban J connectivity index is 1.97. The minimum absolute atomic E-state index is 0.0655. The number of hydrogen-bond donors (Lipinski definition) is 2. The third kappa shape index (κ3) is 5.57. The topological polar surface area (TPSA) is 33.3 Å². The molecular weight excluding hydrogens is 356 g/mol. The van der Waals surface area contributed by atoms with E-state index < -0.39 is 12.2 Å². The van der Waals surface area contributed by atoms with Gasteiger partial charge < -0.3 is 15.4 Å². The minimum Gasteiger partial charge on any atom is -0.406 e. The maximum atomic E-state index is 13.6. The van der Waals surface area contributed by atoms with Crippen molar-refractivity contribution in [2.24, 2.45) is 0 Å². The lowest BCUT2D eigenvalue weighted by atomic mass is 10.3. The third-order valence-electron chi connectivity index (χ3n) is 2.53. The molecule has 0 spiro atoms. The molecular formula is C14H9ClF4N2OS. The zero-order chi connectivity index (χ0) is 17.0. The molecule has 0 saturated carbocycles. The summed E-state index contributed by atoms with van der Waals surface area (Å²) in [5, 5.41) is 5.63. The molecule has 0 unspecified atom stereocenters.